The molecule has 6 heteroatoms. The SMILES string of the molecule is Cc1nc(SCc2ccccc2)c([P+](c2ccccc2)(c2ccccc2)c2ccccc2)c(=O)[nH]1.[Cl-]. The molecule has 3 nitrogen and oxygen atoms in total. The Kier molecular flexibility index (Phi) is 8.43. The van der Waals surface area contributed by atoms with Gasteiger partial charge in [-0.05, 0) is 48.9 Å². The van der Waals surface area contributed by atoms with Gasteiger partial charge in [0.15, 0.2) is 7.26 Å². The average Bonchev–Trinajstić information content (AvgIpc) is 2.91. The molecule has 5 aromatic rings. The van der Waals surface area contributed by atoms with Gasteiger partial charge in [-0.25, -0.2) is 4.98 Å². The first-order valence-corrected chi connectivity index (χ1v) is 14.3. The number of hydrogen-bond acceptors (Lipinski definition) is 3. The standard InChI is InChI=1S/C30H25N2OPS.ClH/c1-23-31-29(33)28(30(32-23)35-22-24-14-6-2-7-15-24)34(25-16-8-3-9-17-25,26-18-10-4-11-19-26)27-20-12-5-13-21-27;/h2-21H,22H2,1H3;1H. The van der Waals surface area contributed by atoms with Crippen molar-refractivity contribution >= 4 is 40.2 Å². The zero-order chi connectivity index (χ0) is 24.1. The Morgan fingerprint density at radius 2 is 1.11 bits per heavy atom. The molecule has 0 aliphatic heterocycles. The van der Waals surface area contributed by atoms with Gasteiger partial charge in [-0.15, -0.1) is 0 Å². The Morgan fingerprint density at radius 1 is 0.694 bits per heavy atom. The molecule has 0 amide bonds. The largest absolute Gasteiger partial charge is 1.00 e. The van der Waals surface area contributed by atoms with E-state index in [9.17, 15) is 4.79 Å². The molecule has 0 saturated carbocycles. The van der Waals surface area contributed by atoms with Crippen LogP contribution in [0.2, 0.25) is 0 Å². The van der Waals surface area contributed by atoms with E-state index < -0.39 is 7.26 Å². The molecule has 36 heavy (non-hydrogen) atoms. The Hall–Kier alpha value is -3.17. The summed E-state index contributed by atoms with van der Waals surface area (Å²) in [6, 6.07) is 41.7. The molecule has 0 spiro atoms. The first-order chi connectivity index (χ1) is 17.2. The third-order valence-electron chi connectivity index (χ3n) is 5.97. The van der Waals surface area contributed by atoms with Crippen molar-refractivity contribution in [1.82, 2.24) is 9.97 Å². The molecule has 1 aromatic heterocycles. The predicted molar refractivity (Wildman–Crippen MR) is 150 cm³/mol. The number of nitrogens with zero attached hydrogens (tertiary/aromatic N) is 1. The molecular formula is C30H26ClN2OPS. The van der Waals surface area contributed by atoms with Gasteiger partial charge in [0, 0.05) is 5.75 Å². The number of aromatic nitrogens is 2. The van der Waals surface area contributed by atoms with Crippen molar-refractivity contribution in [2.24, 2.45) is 0 Å². The monoisotopic (exact) mass is 528 g/mol. The van der Waals surface area contributed by atoms with Gasteiger partial charge in [0.2, 0.25) is 5.30 Å². The van der Waals surface area contributed by atoms with E-state index in [1.165, 1.54) is 5.56 Å². The van der Waals surface area contributed by atoms with Gasteiger partial charge in [-0.3, -0.25) is 4.79 Å². The van der Waals surface area contributed by atoms with E-state index in [4.69, 9.17) is 4.98 Å². The third kappa shape index (κ3) is 5.03. The summed E-state index contributed by atoms with van der Waals surface area (Å²) in [4.78, 5) is 21.9. The highest BCUT2D eigenvalue weighted by Crippen LogP contribution is 2.54. The second-order valence-electron chi connectivity index (χ2n) is 8.26. The molecule has 4 aromatic carbocycles. The summed E-state index contributed by atoms with van der Waals surface area (Å²) in [6.07, 6.45) is 0. The van der Waals surface area contributed by atoms with Crippen LogP contribution in [0.4, 0.5) is 0 Å². The van der Waals surface area contributed by atoms with Crippen LogP contribution in [0.1, 0.15) is 11.4 Å². The molecule has 1 heterocycles. The molecule has 1 N–H and O–H groups in total. The number of aryl methyl sites for hydroxylation is 1. The smallest absolute Gasteiger partial charge is 0.295 e. The number of halogens is 1. The van der Waals surface area contributed by atoms with Crippen molar-refractivity contribution in [1.29, 1.82) is 0 Å². The zero-order valence-electron chi connectivity index (χ0n) is 19.8. The normalized spacial score (nSPS) is 11.0. The fourth-order valence-electron chi connectivity index (χ4n) is 4.47. The number of benzene rings is 4. The van der Waals surface area contributed by atoms with Gasteiger partial charge in [-0.1, -0.05) is 96.7 Å². The fraction of sp³-hybridized carbons (Fsp3) is 0.0667. The summed E-state index contributed by atoms with van der Waals surface area (Å²) in [5.41, 5.74) is 1.13. The highest BCUT2D eigenvalue weighted by molar-refractivity contribution is 8.04. The summed E-state index contributed by atoms with van der Waals surface area (Å²) in [5, 5.41) is 4.95. The number of hydrogen-bond donors (Lipinski definition) is 1. The van der Waals surface area contributed by atoms with E-state index in [1.807, 2.05) is 43.3 Å². The van der Waals surface area contributed by atoms with Gasteiger partial charge in [0.25, 0.3) is 5.56 Å². The number of aromatic amines is 1. The second-order valence-corrected chi connectivity index (χ2v) is 12.6. The minimum atomic E-state index is -2.55. The molecular weight excluding hydrogens is 503 g/mol. The first-order valence-electron chi connectivity index (χ1n) is 11.5. The van der Waals surface area contributed by atoms with E-state index in [2.05, 4.69) is 89.9 Å². The lowest BCUT2D eigenvalue weighted by Crippen LogP contribution is -3.00. The summed E-state index contributed by atoms with van der Waals surface area (Å²) in [6.45, 7) is 1.85. The highest BCUT2D eigenvalue weighted by atomic mass is 35.5. The minimum Gasteiger partial charge on any atom is -1.00 e. The number of H-pyrrole nitrogens is 1. The fourth-order valence-corrected chi connectivity index (χ4v) is 10.2. The molecule has 0 fully saturated rings. The van der Waals surface area contributed by atoms with Crippen molar-refractivity contribution in [2.75, 3.05) is 0 Å². The predicted octanol–water partition coefficient (Wildman–Crippen LogP) is 1.99. The van der Waals surface area contributed by atoms with Gasteiger partial charge < -0.3 is 17.4 Å². The molecule has 180 valence electrons. The second kappa shape index (κ2) is 11.7. The maximum absolute atomic E-state index is 14.0. The number of thioether (sulfide) groups is 1. The van der Waals surface area contributed by atoms with E-state index in [1.54, 1.807) is 11.8 Å². The lowest BCUT2D eigenvalue weighted by Gasteiger charge is -2.27. The summed E-state index contributed by atoms with van der Waals surface area (Å²) in [7, 11) is -2.55. The van der Waals surface area contributed by atoms with Gasteiger partial charge >= 0.3 is 0 Å². The van der Waals surface area contributed by atoms with E-state index in [0.29, 0.717) is 5.82 Å². The molecule has 0 aliphatic carbocycles. The third-order valence-corrected chi connectivity index (χ3v) is 11.5. The Morgan fingerprint density at radius 3 is 1.56 bits per heavy atom. The summed E-state index contributed by atoms with van der Waals surface area (Å²) in [5.74, 6) is 1.36. The van der Waals surface area contributed by atoms with Crippen LogP contribution in [-0.2, 0) is 5.75 Å². The minimum absolute atomic E-state index is 0. The lowest BCUT2D eigenvalue weighted by atomic mass is 10.2. The molecule has 0 atom stereocenters. The Balaban J connectivity index is 0.00000304. The molecule has 0 radical (unpaired) electrons. The molecule has 0 bridgehead atoms. The van der Waals surface area contributed by atoms with Crippen molar-refractivity contribution in [3.05, 3.63) is 143 Å². The van der Waals surface area contributed by atoms with E-state index in [0.717, 1.165) is 32.0 Å². The van der Waals surface area contributed by atoms with Crippen molar-refractivity contribution < 1.29 is 12.4 Å². The highest BCUT2D eigenvalue weighted by Gasteiger charge is 2.52. The summed E-state index contributed by atoms with van der Waals surface area (Å²) < 4.78 is 0. The van der Waals surface area contributed by atoms with Crippen LogP contribution >= 0.6 is 19.0 Å². The number of rotatable bonds is 7. The quantitative estimate of drug-likeness (QED) is 0.200. The summed E-state index contributed by atoms with van der Waals surface area (Å²) >= 11 is 1.64. The van der Waals surface area contributed by atoms with Gasteiger partial charge in [-0.2, -0.15) is 0 Å². The number of nitrogens with one attached hydrogen (secondary N) is 1. The van der Waals surface area contributed by atoms with Crippen LogP contribution in [0.3, 0.4) is 0 Å². The van der Waals surface area contributed by atoms with Crippen LogP contribution in [-0.4, -0.2) is 9.97 Å². The van der Waals surface area contributed by atoms with E-state index in [-0.39, 0.29) is 18.0 Å². The zero-order valence-corrected chi connectivity index (χ0v) is 22.3. The topological polar surface area (TPSA) is 45.8 Å². The molecule has 0 aliphatic rings. The van der Waals surface area contributed by atoms with Crippen molar-refractivity contribution in [3.63, 3.8) is 0 Å². The lowest BCUT2D eigenvalue weighted by molar-refractivity contribution is -0.00000703. The van der Waals surface area contributed by atoms with Crippen molar-refractivity contribution in [2.45, 2.75) is 17.7 Å². The van der Waals surface area contributed by atoms with Crippen molar-refractivity contribution in [3.8, 4) is 0 Å². The first kappa shape index (κ1) is 25.9. The molecule has 0 unspecified atom stereocenters. The molecule has 5 rings (SSSR count). The Labute approximate surface area is 222 Å². The van der Waals surface area contributed by atoms with E-state index >= 15 is 0 Å². The van der Waals surface area contributed by atoms with Gasteiger partial charge in [0.05, 0.1) is 0 Å². The molecule has 0 saturated heterocycles. The maximum atomic E-state index is 14.0. The maximum Gasteiger partial charge on any atom is 0.295 e. The van der Waals surface area contributed by atoms with Crippen LogP contribution < -0.4 is 39.2 Å². The van der Waals surface area contributed by atoms with Crippen LogP contribution in [0.5, 0.6) is 0 Å². The average molecular weight is 529 g/mol. The van der Waals surface area contributed by atoms with Crippen LogP contribution in [0, 0.1) is 6.92 Å². The van der Waals surface area contributed by atoms with Crippen LogP contribution in [0.15, 0.2) is 131 Å². The van der Waals surface area contributed by atoms with Gasteiger partial charge in [0.1, 0.15) is 26.8 Å². The Bertz CT molecular complexity index is 1370. The van der Waals surface area contributed by atoms with Crippen LogP contribution in [0.25, 0.3) is 0 Å².